The van der Waals surface area contributed by atoms with E-state index in [1.165, 1.54) is 0 Å². The third-order valence-electron chi connectivity index (χ3n) is 4.57. The summed E-state index contributed by atoms with van der Waals surface area (Å²) < 4.78 is 38.4. The van der Waals surface area contributed by atoms with Crippen molar-refractivity contribution in [2.24, 2.45) is 10.9 Å². The summed E-state index contributed by atoms with van der Waals surface area (Å²) in [6.07, 6.45) is -2.68. The van der Waals surface area contributed by atoms with Gasteiger partial charge in [-0.05, 0) is 32.6 Å². The van der Waals surface area contributed by atoms with Gasteiger partial charge in [-0.15, -0.1) is 35.3 Å². The van der Waals surface area contributed by atoms with E-state index < -0.39 is 12.1 Å². The van der Waals surface area contributed by atoms with Crippen LogP contribution in [0.4, 0.5) is 13.2 Å². The van der Waals surface area contributed by atoms with E-state index in [9.17, 15) is 13.2 Å². The number of aliphatic imine (C=N–C) groups is 1. The molecule has 1 aromatic heterocycles. The van der Waals surface area contributed by atoms with Crippen LogP contribution in [0.2, 0.25) is 0 Å². The summed E-state index contributed by atoms with van der Waals surface area (Å²) in [6, 6.07) is 0.0350. The Morgan fingerprint density at radius 2 is 1.85 bits per heavy atom. The highest BCUT2D eigenvalue weighted by Crippen LogP contribution is 2.37. The molecule has 1 heterocycles. The van der Waals surface area contributed by atoms with E-state index >= 15 is 0 Å². The fourth-order valence-electron chi connectivity index (χ4n) is 2.95. The molecule has 27 heavy (non-hydrogen) atoms. The number of guanidine groups is 1. The summed E-state index contributed by atoms with van der Waals surface area (Å²) in [4.78, 5) is 9.19. The molecule has 0 unspecified atom stereocenters. The first-order valence-corrected chi connectivity index (χ1v) is 10.0. The fourth-order valence-corrected chi connectivity index (χ4v) is 3.90. The molecule has 0 amide bonds. The molecular weight excluding hydrogens is 488 g/mol. The number of nitrogens with zero attached hydrogens (tertiary/aromatic N) is 2. The van der Waals surface area contributed by atoms with E-state index in [0.29, 0.717) is 31.9 Å². The minimum absolute atomic E-state index is 0. The molecular formula is C18H30F3IN4S. The second-order valence-corrected chi connectivity index (χ2v) is 8.75. The summed E-state index contributed by atoms with van der Waals surface area (Å²) in [7, 11) is 0. The number of aromatic nitrogens is 1. The second-order valence-electron chi connectivity index (χ2n) is 7.81. The lowest BCUT2D eigenvalue weighted by atomic mass is 9.85. The van der Waals surface area contributed by atoms with Crippen LogP contribution in [0.1, 0.15) is 64.1 Å². The van der Waals surface area contributed by atoms with Crippen molar-refractivity contribution in [3.05, 3.63) is 16.1 Å². The van der Waals surface area contributed by atoms with Gasteiger partial charge in [-0.3, -0.25) is 0 Å². The molecule has 0 atom stereocenters. The van der Waals surface area contributed by atoms with Crippen LogP contribution in [0.3, 0.4) is 0 Å². The minimum Gasteiger partial charge on any atom is -0.357 e. The van der Waals surface area contributed by atoms with Crippen LogP contribution in [0, 0.1) is 5.92 Å². The highest BCUT2D eigenvalue weighted by molar-refractivity contribution is 14.0. The summed E-state index contributed by atoms with van der Waals surface area (Å²) in [5.41, 5.74) is 1.06. The van der Waals surface area contributed by atoms with Gasteiger partial charge in [0.2, 0.25) is 0 Å². The van der Waals surface area contributed by atoms with Gasteiger partial charge in [0, 0.05) is 23.4 Å². The molecule has 1 aromatic rings. The zero-order valence-electron chi connectivity index (χ0n) is 16.3. The number of rotatable bonds is 4. The molecule has 4 nitrogen and oxygen atoms in total. The Balaban J connectivity index is 0.00000364. The fraction of sp³-hybridized carbons (Fsp3) is 0.778. The maximum absolute atomic E-state index is 12.8. The topological polar surface area (TPSA) is 49.3 Å². The SMILES string of the molecule is CCNC(=NCc1nc(C(C)(C)C)cs1)NC1CCC(C(F)(F)F)CC1.I. The Kier molecular flexibility index (Phi) is 9.30. The molecule has 156 valence electrons. The van der Waals surface area contributed by atoms with Crippen molar-refractivity contribution in [3.63, 3.8) is 0 Å². The maximum atomic E-state index is 12.8. The zero-order valence-corrected chi connectivity index (χ0v) is 19.5. The number of hydrogen-bond acceptors (Lipinski definition) is 3. The summed E-state index contributed by atoms with van der Waals surface area (Å²) in [5.74, 6) is -0.512. The average Bonchev–Trinajstić information content (AvgIpc) is 3.02. The lowest BCUT2D eigenvalue weighted by molar-refractivity contribution is -0.182. The molecule has 2 rings (SSSR count). The van der Waals surface area contributed by atoms with Crippen LogP contribution in [-0.4, -0.2) is 29.7 Å². The van der Waals surface area contributed by atoms with Crippen LogP contribution < -0.4 is 10.6 Å². The number of thiazole rings is 1. The Hall–Kier alpha value is -0.580. The van der Waals surface area contributed by atoms with Gasteiger partial charge in [-0.25, -0.2) is 9.98 Å². The molecule has 9 heteroatoms. The molecule has 2 N–H and O–H groups in total. The molecule has 1 aliphatic carbocycles. The largest absolute Gasteiger partial charge is 0.391 e. The third-order valence-corrected chi connectivity index (χ3v) is 5.40. The monoisotopic (exact) mass is 518 g/mol. The Morgan fingerprint density at radius 3 is 2.33 bits per heavy atom. The summed E-state index contributed by atoms with van der Waals surface area (Å²) in [6.45, 7) is 9.51. The number of halogens is 4. The summed E-state index contributed by atoms with van der Waals surface area (Å²) >= 11 is 1.59. The predicted molar refractivity (Wildman–Crippen MR) is 116 cm³/mol. The highest BCUT2D eigenvalue weighted by atomic mass is 127. The molecule has 1 saturated carbocycles. The number of nitrogens with one attached hydrogen (secondary N) is 2. The maximum Gasteiger partial charge on any atom is 0.391 e. The Labute approximate surface area is 180 Å². The second kappa shape index (κ2) is 10.3. The van der Waals surface area contributed by atoms with Gasteiger partial charge in [0.05, 0.1) is 18.2 Å². The Morgan fingerprint density at radius 1 is 1.22 bits per heavy atom. The molecule has 0 radical (unpaired) electrons. The van der Waals surface area contributed by atoms with E-state index in [1.807, 2.05) is 6.92 Å². The van der Waals surface area contributed by atoms with Crippen molar-refractivity contribution in [1.29, 1.82) is 0 Å². The molecule has 1 fully saturated rings. The van der Waals surface area contributed by atoms with E-state index in [4.69, 9.17) is 0 Å². The van der Waals surface area contributed by atoms with E-state index in [0.717, 1.165) is 10.7 Å². The van der Waals surface area contributed by atoms with Crippen LogP contribution in [0.15, 0.2) is 10.4 Å². The number of hydrogen-bond donors (Lipinski definition) is 2. The van der Waals surface area contributed by atoms with Crippen molar-refractivity contribution in [1.82, 2.24) is 15.6 Å². The van der Waals surface area contributed by atoms with Gasteiger partial charge in [0.15, 0.2) is 5.96 Å². The standard InChI is InChI=1S/C18H29F3N4S.HI/c1-5-22-16(23-10-15-25-14(11-26-15)17(2,3)4)24-13-8-6-12(7-9-13)18(19,20)21;/h11-13H,5-10H2,1-4H3,(H2,22,23,24);1H. The molecule has 0 aromatic carbocycles. The van der Waals surface area contributed by atoms with Crippen LogP contribution in [0.25, 0.3) is 0 Å². The van der Waals surface area contributed by atoms with Crippen molar-refractivity contribution in [3.8, 4) is 0 Å². The van der Waals surface area contributed by atoms with Gasteiger partial charge in [-0.2, -0.15) is 13.2 Å². The van der Waals surface area contributed by atoms with Crippen molar-refractivity contribution >= 4 is 41.3 Å². The average molecular weight is 518 g/mol. The van der Waals surface area contributed by atoms with Crippen molar-refractivity contribution in [2.75, 3.05) is 6.54 Å². The van der Waals surface area contributed by atoms with Crippen molar-refractivity contribution < 1.29 is 13.2 Å². The van der Waals surface area contributed by atoms with E-state index in [1.54, 1.807) is 11.3 Å². The van der Waals surface area contributed by atoms with Gasteiger partial charge >= 0.3 is 6.18 Å². The lowest BCUT2D eigenvalue weighted by Crippen LogP contribution is -2.45. The quantitative estimate of drug-likeness (QED) is 0.326. The molecule has 0 saturated heterocycles. The van der Waals surface area contributed by atoms with Crippen LogP contribution in [-0.2, 0) is 12.0 Å². The van der Waals surface area contributed by atoms with Gasteiger partial charge < -0.3 is 10.6 Å². The summed E-state index contributed by atoms with van der Waals surface area (Å²) in [5, 5.41) is 9.45. The van der Waals surface area contributed by atoms with E-state index in [-0.39, 0.29) is 48.3 Å². The smallest absolute Gasteiger partial charge is 0.357 e. The van der Waals surface area contributed by atoms with E-state index in [2.05, 4.69) is 46.8 Å². The molecule has 0 bridgehead atoms. The van der Waals surface area contributed by atoms with Gasteiger partial charge in [0.1, 0.15) is 5.01 Å². The highest BCUT2D eigenvalue weighted by Gasteiger charge is 2.41. The normalized spacial score (nSPS) is 21.5. The molecule has 0 aliphatic heterocycles. The zero-order chi connectivity index (χ0) is 19.4. The van der Waals surface area contributed by atoms with Crippen LogP contribution in [0.5, 0.6) is 0 Å². The van der Waals surface area contributed by atoms with Gasteiger partial charge in [-0.1, -0.05) is 20.8 Å². The first kappa shape index (κ1) is 24.5. The van der Waals surface area contributed by atoms with Crippen LogP contribution >= 0.6 is 35.3 Å². The van der Waals surface area contributed by atoms with Gasteiger partial charge in [0.25, 0.3) is 0 Å². The third kappa shape index (κ3) is 7.75. The first-order chi connectivity index (χ1) is 12.1. The molecule has 0 spiro atoms. The minimum atomic E-state index is -4.07. The Bertz CT molecular complexity index is 602. The van der Waals surface area contributed by atoms with Crippen molar-refractivity contribution in [2.45, 2.75) is 77.6 Å². The molecule has 1 aliphatic rings. The predicted octanol–water partition coefficient (Wildman–Crippen LogP) is 5.23. The lowest BCUT2D eigenvalue weighted by Gasteiger charge is -2.31. The first-order valence-electron chi connectivity index (χ1n) is 9.16. The number of alkyl halides is 3.